The maximum atomic E-state index is 11.9. The van der Waals surface area contributed by atoms with E-state index in [4.69, 9.17) is 14.2 Å². The summed E-state index contributed by atoms with van der Waals surface area (Å²) in [4.78, 5) is 25.8. The van der Waals surface area contributed by atoms with E-state index >= 15 is 0 Å². The van der Waals surface area contributed by atoms with Gasteiger partial charge in [0.25, 0.3) is 0 Å². The van der Waals surface area contributed by atoms with E-state index in [9.17, 15) is 14.7 Å². The van der Waals surface area contributed by atoms with Crippen molar-refractivity contribution in [3.8, 4) is 0 Å². The fourth-order valence-corrected chi connectivity index (χ4v) is 8.35. The number of carbonyl (C=O) groups excluding carboxylic acids is 2. The molecule has 0 amide bonds. The molecule has 0 bridgehead atoms. The molecule has 0 aromatic carbocycles. The maximum Gasteiger partial charge on any atom is 0.312 e. The van der Waals surface area contributed by atoms with Gasteiger partial charge in [-0.2, -0.15) is 0 Å². The van der Waals surface area contributed by atoms with Crippen LogP contribution in [-0.4, -0.2) is 55.5 Å². The number of aliphatic hydroxyl groups excluding tert-OH is 1. The monoisotopic (exact) mass is 861 g/mol. The number of esters is 2. The van der Waals surface area contributed by atoms with E-state index in [1.54, 1.807) is 0 Å². The first kappa shape index (κ1) is 48.7. The van der Waals surface area contributed by atoms with Crippen molar-refractivity contribution in [3.05, 3.63) is 0 Å². The third-order valence-corrected chi connectivity index (χ3v) is 13.0. The van der Waals surface area contributed by atoms with Crippen molar-refractivity contribution in [1.82, 2.24) is 0 Å². The van der Waals surface area contributed by atoms with E-state index in [2.05, 4.69) is 22.6 Å². The highest BCUT2D eigenvalue weighted by molar-refractivity contribution is 14.1. The molecule has 312 valence electrons. The molecule has 0 unspecified atom stereocenters. The molecule has 1 N–H and O–H groups in total. The Kier molecular flexibility index (Phi) is 25.8. The molecule has 0 aromatic rings. The first-order chi connectivity index (χ1) is 25.8. The number of methoxy groups -OCH3 is 1. The van der Waals surface area contributed by atoms with Crippen LogP contribution in [-0.2, 0) is 23.8 Å². The number of hydrogen-bond acceptors (Lipinski definition) is 6. The van der Waals surface area contributed by atoms with Gasteiger partial charge in [-0.25, -0.2) is 0 Å². The predicted molar refractivity (Wildman–Crippen MR) is 230 cm³/mol. The lowest BCUT2D eigenvalue weighted by Crippen LogP contribution is -2.18. The number of carbonyl (C=O) groups is 2. The van der Waals surface area contributed by atoms with Gasteiger partial charge in [-0.15, -0.1) is 0 Å². The lowest BCUT2D eigenvalue weighted by atomic mass is 9.97. The molecule has 0 spiro atoms. The van der Waals surface area contributed by atoms with E-state index in [0.29, 0.717) is 30.7 Å². The highest BCUT2D eigenvalue weighted by Crippen LogP contribution is 2.52. The summed E-state index contributed by atoms with van der Waals surface area (Å²) in [5, 5.41) is 9.29. The van der Waals surface area contributed by atoms with Gasteiger partial charge in [0.2, 0.25) is 0 Å². The molecule has 0 aromatic heterocycles. The van der Waals surface area contributed by atoms with Crippen molar-refractivity contribution < 1.29 is 28.9 Å². The Balaban J connectivity index is 0.000000351. The second-order valence-corrected chi connectivity index (χ2v) is 17.7. The Morgan fingerprint density at radius 1 is 0.472 bits per heavy atom. The Morgan fingerprint density at radius 3 is 1.00 bits per heavy atom. The lowest BCUT2D eigenvalue weighted by Gasteiger charge is -2.13. The van der Waals surface area contributed by atoms with Gasteiger partial charge >= 0.3 is 11.9 Å². The number of halogens is 1. The quantitative estimate of drug-likeness (QED) is 0.0306. The van der Waals surface area contributed by atoms with Crippen LogP contribution in [0.1, 0.15) is 219 Å². The molecule has 4 fully saturated rings. The molecule has 4 rings (SSSR count). The second kappa shape index (κ2) is 28.1. The van der Waals surface area contributed by atoms with E-state index in [1.807, 2.05) is 25.9 Å². The minimum absolute atomic E-state index is 0.0570. The van der Waals surface area contributed by atoms with Crippen LogP contribution in [0.25, 0.3) is 0 Å². The molecule has 7 heteroatoms. The van der Waals surface area contributed by atoms with Gasteiger partial charge in [-0.3, -0.25) is 9.59 Å². The molecule has 4 saturated carbocycles. The van der Waals surface area contributed by atoms with Crippen LogP contribution >= 0.6 is 22.6 Å². The predicted octanol–water partition coefficient (Wildman–Crippen LogP) is 13.3. The van der Waals surface area contributed by atoms with Crippen LogP contribution in [0.15, 0.2) is 0 Å². The number of ether oxygens (including phenoxy) is 3. The van der Waals surface area contributed by atoms with Crippen molar-refractivity contribution in [3.63, 3.8) is 0 Å². The zero-order valence-corrected chi connectivity index (χ0v) is 37.5. The lowest BCUT2D eigenvalue weighted by molar-refractivity contribution is -0.150. The highest BCUT2D eigenvalue weighted by atomic mass is 127. The number of alkyl halides is 1. The van der Waals surface area contributed by atoms with E-state index in [1.165, 1.54) is 167 Å². The Labute approximate surface area is 341 Å². The normalized spacial score (nSPS) is 18.8. The van der Waals surface area contributed by atoms with E-state index in [-0.39, 0.29) is 22.8 Å². The summed E-state index contributed by atoms with van der Waals surface area (Å²) in [6.45, 7) is 6.23. The Morgan fingerprint density at radius 2 is 0.755 bits per heavy atom. The standard InChI is InChI=1S/C23H42O3.C22H40O3.CH3I/c1-3-26-21(24)23(18-19-23)15-13-11-9-7-5-4-6-8-10-12-14-22(16-17-22)20-25-2;1-2-25-20(24)22(17-18-22)14-12-10-8-6-4-3-5-7-9-11-13-21(19-23)15-16-21;1-2/h3-20H2,1-2H3;23H,2-19H2,1H3;1H3. The van der Waals surface area contributed by atoms with Crippen LogP contribution < -0.4 is 0 Å². The molecule has 0 radical (unpaired) electrons. The minimum Gasteiger partial charge on any atom is -0.466 e. The van der Waals surface area contributed by atoms with Gasteiger partial charge in [0.15, 0.2) is 0 Å². The second-order valence-electron chi connectivity index (χ2n) is 17.7. The van der Waals surface area contributed by atoms with Gasteiger partial charge in [0, 0.05) is 13.7 Å². The number of aliphatic hydroxyl groups is 1. The smallest absolute Gasteiger partial charge is 0.312 e. The van der Waals surface area contributed by atoms with Crippen LogP contribution in [0.3, 0.4) is 0 Å². The van der Waals surface area contributed by atoms with Gasteiger partial charge in [0.05, 0.1) is 30.7 Å². The van der Waals surface area contributed by atoms with Gasteiger partial charge in [-0.05, 0) is 107 Å². The molecule has 6 nitrogen and oxygen atoms in total. The first-order valence-corrected chi connectivity index (χ1v) is 24.8. The van der Waals surface area contributed by atoms with Gasteiger partial charge in [0.1, 0.15) is 0 Å². The van der Waals surface area contributed by atoms with Crippen molar-refractivity contribution in [2.24, 2.45) is 21.7 Å². The summed E-state index contributed by atoms with van der Waals surface area (Å²) in [6.07, 6.45) is 41.0. The summed E-state index contributed by atoms with van der Waals surface area (Å²) in [6, 6.07) is 0. The molecule has 0 aliphatic heterocycles. The van der Waals surface area contributed by atoms with Crippen molar-refractivity contribution in [2.75, 3.05) is 38.5 Å². The topological polar surface area (TPSA) is 82.1 Å². The van der Waals surface area contributed by atoms with Crippen LogP contribution in [0, 0.1) is 21.7 Å². The average Bonchev–Trinajstić information content (AvgIpc) is 3.98. The number of unbranched alkanes of at least 4 members (excludes halogenated alkanes) is 18. The molecular formula is C46H85IO6. The summed E-state index contributed by atoms with van der Waals surface area (Å²) >= 11 is 2.15. The summed E-state index contributed by atoms with van der Waals surface area (Å²) in [5.74, 6) is 0.122. The minimum atomic E-state index is -0.0783. The molecule has 0 heterocycles. The SMILES string of the molecule is CCOC(=O)C1(CCCCCCCCCCCCC2(CO)CC2)CC1.CCOC(=O)C1(CCCCCCCCCCCCC2(COC)CC2)CC1.CI. The van der Waals surface area contributed by atoms with Crippen molar-refractivity contribution in [2.45, 2.75) is 219 Å². The molecule has 0 atom stereocenters. The van der Waals surface area contributed by atoms with Crippen molar-refractivity contribution in [1.29, 1.82) is 0 Å². The summed E-state index contributed by atoms with van der Waals surface area (Å²) in [5.41, 5.74) is 0.788. The van der Waals surface area contributed by atoms with Crippen LogP contribution in [0.4, 0.5) is 0 Å². The third kappa shape index (κ3) is 20.5. The fraction of sp³-hybridized carbons (Fsp3) is 0.957. The zero-order valence-electron chi connectivity index (χ0n) is 35.3. The molecular weight excluding hydrogens is 775 g/mol. The summed E-state index contributed by atoms with van der Waals surface area (Å²) in [7, 11) is 1.84. The molecule has 53 heavy (non-hydrogen) atoms. The van der Waals surface area contributed by atoms with E-state index < -0.39 is 0 Å². The third-order valence-electron chi connectivity index (χ3n) is 13.0. The molecule has 4 aliphatic rings. The fourth-order valence-electron chi connectivity index (χ4n) is 8.35. The first-order valence-electron chi connectivity index (χ1n) is 22.6. The highest BCUT2D eigenvalue weighted by Gasteiger charge is 2.51. The largest absolute Gasteiger partial charge is 0.466 e. The summed E-state index contributed by atoms with van der Waals surface area (Å²) < 4.78 is 15.7. The molecule has 4 aliphatic carbocycles. The Bertz CT molecular complexity index is 936. The van der Waals surface area contributed by atoms with Crippen LogP contribution in [0.5, 0.6) is 0 Å². The van der Waals surface area contributed by atoms with Crippen LogP contribution in [0.2, 0.25) is 0 Å². The average molecular weight is 861 g/mol. The van der Waals surface area contributed by atoms with Crippen molar-refractivity contribution >= 4 is 34.5 Å². The van der Waals surface area contributed by atoms with Gasteiger partial charge < -0.3 is 19.3 Å². The molecule has 0 saturated heterocycles. The Hall–Kier alpha value is -0.410. The van der Waals surface area contributed by atoms with Gasteiger partial charge in [-0.1, -0.05) is 151 Å². The maximum absolute atomic E-state index is 11.9. The number of rotatable bonds is 33. The van der Waals surface area contributed by atoms with E-state index in [0.717, 1.165) is 45.1 Å². The zero-order chi connectivity index (χ0) is 38.7. The number of hydrogen-bond donors (Lipinski definition) is 1.